The van der Waals surface area contributed by atoms with E-state index in [2.05, 4.69) is 15.6 Å². The molecule has 1 aliphatic rings. The van der Waals surface area contributed by atoms with E-state index in [1.165, 1.54) is 12.8 Å². The highest BCUT2D eigenvalue weighted by atomic mass is 35.5. The van der Waals surface area contributed by atoms with Crippen LogP contribution in [0.2, 0.25) is 5.02 Å². The first-order valence-electron chi connectivity index (χ1n) is 8.55. The summed E-state index contributed by atoms with van der Waals surface area (Å²) in [4.78, 5) is 16.6. The van der Waals surface area contributed by atoms with E-state index in [1.807, 2.05) is 0 Å². The minimum Gasteiger partial charge on any atom is -0.495 e. The number of methoxy groups -OCH3 is 2. The van der Waals surface area contributed by atoms with E-state index in [1.54, 1.807) is 44.8 Å². The third-order valence-corrected chi connectivity index (χ3v) is 4.74. The molecular formula is C19H22ClN3O3. The molecular weight excluding hydrogens is 354 g/mol. The first kappa shape index (κ1) is 18.3. The number of pyridine rings is 1. The van der Waals surface area contributed by atoms with Crippen molar-refractivity contribution in [3.8, 4) is 11.5 Å². The van der Waals surface area contributed by atoms with Crippen molar-refractivity contribution in [3.63, 3.8) is 0 Å². The summed E-state index contributed by atoms with van der Waals surface area (Å²) in [5.41, 5.74) is 1.86. The summed E-state index contributed by atoms with van der Waals surface area (Å²) in [5, 5.41) is 6.73. The molecule has 1 heterocycles. The molecule has 0 spiro atoms. The fourth-order valence-electron chi connectivity index (χ4n) is 3.08. The molecule has 1 aromatic heterocycles. The van der Waals surface area contributed by atoms with Crippen molar-refractivity contribution in [2.75, 3.05) is 19.5 Å². The largest absolute Gasteiger partial charge is 0.495 e. The number of hydrogen-bond donors (Lipinski definition) is 2. The molecule has 1 fully saturated rings. The van der Waals surface area contributed by atoms with Crippen molar-refractivity contribution < 1.29 is 14.3 Å². The average Bonchev–Trinajstić information content (AvgIpc) is 3.16. The van der Waals surface area contributed by atoms with Crippen LogP contribution in [-0.4, -0.2) is 31.2 Å². The lowest BCUT2D eigenvalue weighted by atomic mass is 10.2. The highest BCUT2D eigenvalue weighted by Crippen LogP contribution is 2.37. The Morgan fingerprint density at radius 2 is 1.85 bits per heavy atom. The number of carbonyl (C=O) groups excluding carboxylic acids is 1. The summed E-state index contributed by atoms with van der Waals surface area (Å²) in [6.45, 7) is 0. The molecule has 1 amide bonds. The topological polar surface area (TPSA) is 72.5 Å². The summed E-state index contributed by atoms with van der Waals surface area (Å²) >= 11 is 6.13. The summed E-state index contributed by atoms with van der Waals surface area (Å²) < 4.78 is 10.6. The smallest absolute Gasteiger partial charge is 0.253 e. The van der Waals surface area contributed by atoms with Gasteiger partial charge in [-0.25, -0.2) is 0 Å². The number of ether oxygens (including phenoxy) is 2. The third kappa shape index (κ3) is 4.19. The van der Waals surface area contributed by atoms with Gasteiger partial charge < -0.3 is 20.1 Å². The molecule has 0 saturated heterocycles. The summed E-state index contributed by atoms with van der Waals surface area (Å²) in [5.74, 6) is 0.989. The number of halogens is 1. The second kappa shape index (κ2) is 8.27. The molecule has 7 heteroatoms. The maximum absolute atomic E-state index is 12.4. The van der Waals surface area contributed by atoms with E-state index < -0.39 is 0 Å². The van der Waals surface area contributed by atoms with Crippen molar-refractivity contribution in [3.05, 3.63) is 41.2 Å². The van der Waals surface area contributed by atoms with Gasteiger partial charge in [0.1, 0.15) is 11.5 Å². The van der Waals surface area contributed by atoms with Crippen molar-refractivity contribution in [2.45, 2.75) is 31.7 Å². The summed E-state index contributed by atoms with van der Waals surface area (Å²) in [7, 11) is 3.11. The molecule has 138 valence electrons. The van der Waals surface area contributed by atoms with Gasteiger partial charge in [-0.2, -0.15) is 0 Å². The van der Waals surface area contributed by atoms with E-state index in [0.29, 0.717) is 33.5 Å². The molecule has 2 aromatic rings. The molecule has 0 atom stereocenters. The Bertz CT molecular complexity index is 792. The van der Waals surface area contributed by atoms with Gasteiger partial charge in [0, 0.05) is 24.4 Å². The fourth-order valence-corrected chi connectivity index (χ4v) is 3.32. The number of aromatic nitrogens is 1. The van der Waals surface area contributed by atoms with Gasteiger partial charge in [0.15, 0.2) is 0 Å². The number of nitrogens with one attached hydrogen (secondary N) is 2. The second-order valence-corrected chi connectivity index (χ2v) is 6.64. The number of nitrogens with zero attached hydrogens (tertiary/aromatic N) is 1. The number of rotatable bonds is 6. The molecule has 0 unspecified atom stereocenters. The van der Waals surface area contributed by atoms with Gasteiger partial charge in [-0.1, -0.05) is 24.4 Å². The number of carbonyl (C=O) groups is 1. The molecule has 3 rings (SSSR count). The van der Waals surface area contributed by atoms with Crippen LogP contribution in [0.1, 0.15) is 36.0 Å². The van der Waals surface area contributed by atoms with E-state index in [0.717, 1.165) is 12.8 Å². The van der Waals surface area contributed by atoms with E-state index in [4.69, 9.17) is 21.1 Å². The van der Waals surface area contributed by atoms with Gasteiger partial charge in [0.05, 0.1) is 42.4 Å². The predicted octanol–water partition coefficient (Wildman–Crippen LogP) is 4.17. The van der Waals surface area contributed by atoms with Crippen LogP contribution in [0, 0.1) is 0 Å². The number of benzene rings is 1. The Morgan fingerprint density at radius 3 is 2.54 bits per heavy atom. The van der Waals surface area contributed by atoms with Crippen LogP contribution in [0.25, 0.3) is 0 Å². The zero-order chi connectivity index (χ0) is 18.5. The SMILES string of the molecule is COc1cc(Nc2cncc(C(=O)NC3CCCC3)c2)c(OC)cc1Cl. The highest BCUT2D eigenvalue weighted by Gasteiger charge is 2.18. The Morgan fingerprint density at radius 1 is 1.12 bits per heavy atom. The molecule has 2 N–H and O–H groups in total. The van der Waals surface area contributed by atoms with Crippen LogP contribution >= 0.6 is 11.6 Å². The minimum atomic E-state index is -0.103. The molecule has 0 radical (unpaired) electrons. The van der Waals surface area contributed by atoms with Gasteiger partial charge in [-0.05, 0) is 18.9 Å². The van der Waals surface area contributed by atoms with Crippen LogP contribution in [0.15, 0.2) is 30.6 Å². The van der Waals surface area contributed by atoms with E-state index >= 15 is 0 Å². The van der Waals surface area contributed by atoms with Crippen molar-refractivity contribution in [1.29, 1.82) is 0 Å². The summed E-state index contributed by atoms with van der Waals surface area (Å²) in [6, 6.07) is 5.44. The van der Waals surface area contributed by atoms with Crippen molar-refractivity contribution >= 4 is 28.9 Å². The average molecular weight is 376 g/mol. The maximum atomic E-state index is 12.4. The zero-order valence-corrected chi connectivity index (χ0v) is 15.6. The number of hydrogen-bond acceptors (Lipinski definition) is 5. The Balaban J connectivity index is 1.79. The van der Waals surface area contributed by atoms with Gasteiger partial charge in [-0.3, -0.25) is 9.78 Å². The Labute approximate surface area is 157 Å². The van der Waals surface area contributed by atoms with Gasteiger partial charge >= 0.3 is 0 Å². The van der Waals surface area contributed by atoms with Gasteiger partial charge in [-0.15, -0.1) is 0 Å². The first-order valence-corrected chi connectivity index (χ1v) is 8.93. The van der Waals surface area contributed by atoms with Crippen LogP contribution in [0.5, 0.6) is 11.5 Å². The van der Waals surface area contributed by atoms with E-state index in [9.17, 15) is 4.79 Å². The second-order valence-electron chi connectivity index (χ2n) is 6.23. The van der Waals surface area contributed by atoms with E-state index in [-0.39, 0.29) is 11.9 Å². The quantitative estimate of drug-likeness (QED) is 0.792. The molecule has 26 heavy (non-hydrogen) atoms. The number of amides is 1. The number of anilines is 2. The zero-order valence-electron chi connectivity index (χ0n) is 14.8. The maximum Gasteiger partial charge on any atom is 0.253 e. The molecule has 1 saturated carbocycles. The molecule has 1 aromatic carbocycles. The van der Waals surface area contributed by atoms with Crippen LogP contribution in [-0.2, 0) is 0 Å². The lowest BCUT2D eigenvalue weighted by Crippen LogP contribution is -2.32. The van der Waals surface area contributed by atoms with Crippen LogP contribution in [0.4, 0.5) is 11.4 Å². The lowest BCUT2D eigenvalue weighted by Gasteiger charge is -2.15. The predicted molar refractivity (Wildman–Crippen MR) is 102 cm³/mol. The Hall–Kier alpha value is -2.47. The molecule has 6 nitrogen and oxygen atoms in total. The fraction of sp³-hybridized carbons (Fsp3) is 0.368. The standard InChI is InChI=1S/C19H22ClN3O3/c1-25-17-9-16(18(26-2)8-15(17)20)22-14-7-12(10-21-11-14)19(24)23-13-5-3-4-6-13/h7-11,13,22H,3-6H2,1-2H3,(H,23,24). The molecule has 1 aliphatic carbocycles. The first-order chi connectivity index (χ1) is 12.6. The van der Waals surface area contributed by atoms with Crippen LogP contribution in [0.3, 0.4) is 0 Å². The van der Waals surface area contributed by atoms with Crippen LogP contribution < -0.4 is 20.1 Å². The third-order valence-electron chi connectivity index (χ3n) is 4.44. The lowest BCUT2D eigenvalue weighted by molar-refractivity contribution is 0.0937. The van der Waals surface area contributed by atoms with Gasteiger partial charge in [0.25, 0.3) is 5.91 Å². The Kier molecular flexibility index (Phi) is 5.83. The van der Waals surface area contributed by atoms with Crippen molar-refractivity contribution in [2.24, 2.45) is 0 Å². The molecule has 0 aliphatic heterocycles. The minimum absolute atomic E-state index is 0.103. The molecule has 0 bridgehead atoms. The van der Waals surface area contributed by atoms with Crippen molar-refractivity contribution in [1.82, 2.24) is 10.3 Å². The summed E-state index contributed by atoms with van der Waals surface area (Å²) in [6.07, 6.45) is 7.63. The van der Waals surface area contributed by atoms with Gasteiger partial charge in [0.2, 0.25) is 0 Å². The monoisotopic (exact) mass is 375 g/mol. The normalized spacial score (nSPS) is 14.1. The highest BCUT2D eigenvalue weighted by molar-refractivity contribution is 6.32.